The van der Waals surface area contributed by atoms with E-state index in [1.54, 1.807) is 0 Å². The van der Waals surface area contributed by atoms with Gasteiger partial charge in [-0.05, 0) is 19.3 Å². The van der Waals surface area contributed by atoms with Crippen LogP contribution in [0.5, 0.6) is 0 Å². The largest absolute Gasteiger partial charge is 0.462 e. The smallest absolute Gasteiger partial charge is 0.306 e. The fourth-order valence-corrected chi connectivity index (χ4v) is 5.62. The van der Waals surface area contributed by atoms with Crippen LogP contribution in [0.25, 0.3) is 0 Å². The second kappa shape index (κ2) is 35.3. The van der Waals surface area contributed by atoms with E-state index in [1.165, 1.54) is 116 Å². The highest BCUT2D eigenvalue weighted by molar-refractivity contribution is 5.71. The molecule has 0 fully saturated rings. The van der Waals surface area contributed by atoms with Gasteiger partial charge in [0, 0.05) is 19.3 Å². The monoisotopic (exact) mass is 639 g/mol. The second-order valence-corrected chi connectivity index (χ2v) is 13.2. The van der Waals surface area contributed by atoms with Gasteiger partial charge in [-0.2, -0.15) is 0 Å². The molecule has 0 aliphatic heterocycles. The van der Waals surface area contributed by atoms with Crippen molar-refractivity contribution in [1.82, 2.24) is 0 Å². The summed E-state index contributed by atoms with van der Waals surface area (Å²) in [7, 11) is 0. The van der Waals surface area contributed by atoms with Crippen LogP contribution in [0, 0.1) is 0 Å². The van der Waals surface area contributed by atoms with E-state index < -0.39 is 6.10 Å². The summed E-state index contributed by atoms with van der Waals surface area (Å²) < 4.78 is 16.5. The molecule has 266 valence electrons. The normalized spacial score (nSPS) is 11.8. The summed E-state index contributed by atoms with van der Waals surface area (Å²) in [5.41, 5.74) is 0. The summed E-state index contributed by atoms with van der Waals surface area (Å²) in [6, 6.07) is 0. The third-order valence-electron chi connectivity index (χ3n) is 8.61. The molecule has 0 aromatic carbocycles. The highest BCUT2D eigenvalue weighted by Gasteiger charge is 2.19. The molecule has 45 heavy (non-hydrogen) atoms. The van der Waals surface area contributed by atoms with Gasteiger partial charge in [0.2, 0.25) is 0 Å². The summed E-state index contributed by atoms with van der Waals surface area (Å²) in [4.78, 5) is 37.3. The average molecular weight is 639 g/mol. The first-order chi connectivity index (χ1) is 22.0. The van der Waals surface area contributed by atoms with Gasteiger partial charge in [0.25, 0.3) is 0 Å². The maximum Gasteiger partial charge on any atom is 0.306 e. The zero-order chi connectivity index (χ0) is 33.1. The second-order valence-electron chi connectivity index (χ2n) is 13.2. The molecule has 0 amide bonds. The molecule has 0 aromatic rings. The molecule has 0 spiro atoms. The number of hydrogen-bond acceptors (Lipinski definition) is 6. The first-order valence-corrected chi connectivity index (χ1v) is 19.5. The lowest BCUT2D eigenvalue weighted by Gasteiger charge is -2.18. The molecule has 1 unspecified atom stereocenters. The van der Waals surface area contributed by atoms with E-state index in [-0.39, 0.29) is 31.1 Å². The molecule has 6 heteroatoms. The molecule has 0 bridgehead atoms. The van der Waals surface area contributed by atoms with Crippen molar-refractivity contribution in [3.63, 3.8) is 0 Å². The molecule has 0 N–H and O–H groups in total. The Bertz CT molecular complexity index is 664. The van der Waals surface area contributed by atoms with Gasteiger partial charge in [0.15, 0.2) is 6.10 Å². The van der Waals surface area contributed by atoms with Crippen LogP contribution in [0.4, 0.5) is 0 Å². The fraction of sp³-hybridized carbons (Fsp3) is 0.923. The van der Waals surface area contributed by atoms with Gasteiger partial charge in [0.1, 0.15) is 13.2 Å². The topological polar surface area (TPSA) is 78.9 Å². The highest BCUT2D eigenvalue weighted by atomic mass is 16.6. The maximum atomic E-state index is 12.6. The standard InChI is InChI=1S/C39H74O6/c1-4-7-10-13-16-18-20-23-26-29-32-38(41)44-35-36(34-43-37(40)31-28-25-22-15-12-9-6-3)45-39(42)33-30-27-24-21-19-17-14-11-8-5-2/h36H,4-35H2,1-3H3. The predicted molar refractivity (Wildman–Crippen MR) is 187 cm³/mol. The lowest BCUT2D eigenvalue weighted by molar-refractivity contribution is -0.167. The summed E-state index contributed by atoms with van der Waals surface area (Å²) in [6.45, 7) is 6.56. The SMILES string of the molecule is CCCCCCCCCCCCC(=O)OCC(COC(=O)CCCCCCCCC)OC(=O)CCCCCCCCCCCC. The molecule has 0 heterocycles. The van der Waals surface area contributed by atoms with E-state index in [2.05, 4.69) is 20.8 Å². The summed E-state index contributed by atoms with van der Waals surface area (Å²) in [5.74, 6) is -0.871. The Morgan fingerprint density at radius 3 is 0.889 bits per heavy atom. The van der Waals surface area contributed by atoms with Crippen LogP contribution in [-0.4, -0.2) is 37.2 Å². The van der Waals surface area contributed by atoms with Crippen molar-refractivity contribution in [2.45, 2.75) is 219 Å². The van der Waals surface area contributed by atoms with Gasteiger partial charge in [0.05, 0.1) is 0 Å². The molecule has 6 nitrogen and oxygen atoms in total. The van der Waals surface area contributed by atoms with Crippen molar-refractivity contribution in [2.75, 3.05) is 13.2 Å². The predicted octanol–water partition coefficient (Wildman–Crippen LogP) is 11.7. The van der Waals surface area contributed by atoms with Gasteiger partial charge in [-0.25, -0.2) is 0 Å². The Labute approximate surface area is 278 Å². The van der Waals surface area contributed by atoms with Crippen molar-refractivity contribution in [1.29, 1.82) is 0 Å². The Hall–Kier alpha value is -1.59. The lowest BCUT2D eigenvalue weighted by atomic mass is 10.1. The molecule has 0 aromatic heterocycles. The molecule has 0 aliphatic carbocycles. The first kappa shape index (κ1) is 43.4. The molecule has 0 rings (SSSR count). The molecule has 0 aliphatic rings. The quantitative estimate of drug-likeness (QED) is 0.0390. The zero-order valence-electron chi connectivity index (χ0n) is 30.2. The molecular weight excluding hydrogens is 564 g/mol. The molecule has 0 saturated heterocycles. The average Bonchev–Trinajstić information content (AvgIpc) is 3.03. The van der Waals surface area contributed by atoms with E-state index >= 15 is 0 Å². The van der Waals surface area contributed by atoms with E-state index in [4.69, 9.17) is 14.2 Å². The van der Waals surface area contributed by atoms with E-state index in [0.717, 1.165) is 57.8 Å². The van der Waals surface area contributed by atoms with Gasteiger partial charge < -0.3 is 14.2 Å². The van der Waals surface area contributed by atoms with Crippen LogP contribution in [0.15, 0.2) is 0 Å². The lowest BCUT2D eigenvalue weighted by Crippen LogP contribution is -2.30. The van der Waals surface area contributed by atoms with E-state index in [9.17, 15) is 14.4 Å². The summed E-state index contributed by atoms with van der Waals surface area (Å²) in [5, 5.41) is 0. The van der Waals surface area contributed by atoms with Crippen LogP contribution in [0.3, 0.4) is 0 Å². The van der Waals surface area contributed by atoms with Crippen LogP contribution >= 0.6 is 0 Å². The van der Waals surface area contributed by atoms with Crippen molar-refractivity contribution in [3.05, 3.63) is 0 Å². The summed E-state index contributed by atoms with van der Waals surface area (Å²) in [6.07, 6.45) is 32.3. The van der Waals surface area contributed by atoms with Crippen LogP contribution in [-0.2, 0) is 28.6 Å². The number of unbranched alkanes of at least 4 members (excludes halogenated alkanes) is 24. The van der Waals surface area contributed by atoms with Crippen LogP contribution < -0.4 is 0 Å². The Morgan fingerprint density at radius 1 is 0.356 bits per heavy atom. The van der Waals surface area contributed by atoms with Gasteiger partial charge in [-0.15, -0.1) is 0 Å². The fourth-order valence-electron chi connectivity index (χ4n) is 5.62. The third kappa shape index (κ3) is 33.6. The van der Waals surface area contributed by atoms with Crippen molar-refractivity contribution < 1.29 is 28.6 Å². The number of esters is 3. The van der Waals surface area contributed by atoms with Crippen molar-refractivity contribution >= 4 is 17.9 Å². The summed E-state index contributed by atoms with van der Waals surface area (Å²) >= 11 is 0. The minimum absolute atomic E-state index is 0.0644. The van der Waals surface area contributed by atoms with Crippen LogP contribution in [0.1, 0.15) is 213 Å². The Morgan fingerprint density at radius 2 is 0.600 bits per heavy atom. The van der Waals surface area contributed by atoms with Crippen molar-refractivity contribution in [2.24, 2.45) is 0 Å². The number of ether oxygens (including phenoxy) is 3. The van der Waals surface area contributed by atoms with Gasteiger partial charge >= 0.3 is 17.9 Å². The molecule has 0 radical (unpaired) electrons. The van der Waals surface area contributed by atoms with Crippen molar-refractivity contribution in [3.8, 4) is 0 Å². The van der Waals surface area contributed by atoms with Gasteiger partial charge in [-0.3, -0.25) is 14.4 Å². The molecular formula is C39H74O6. The number of hydrogen-bond donors (Lipinski definition) is 0. The number of carbonyl (C=O) groups excluding carboxylic acids is 3. The van der Waals surface area contributed by atoms with Crippen LogP contribution in [0.2, 0.25) is 0 Å². The first-order valence-electron chi connectivity index (χ1n) is 19.5. The highest BCUT2D eigenvalue weighted by Crippen LogP contribution is 2.14. The van der Waals surface area contributed by atoms with Gasteiger partial charge in [-0.1, -0.05) is 175 Å². The maximum absolute atomic E-state index is 12.6. The molecule has 1 atom stereocenters. The number of carbonyl (C=O) groups is 3. The molecule has 0 saturated carbocycles. The minimum Gasteiger partial charge on any atom is -0.462 e. The van der Waals surface area contributed by atoms with E-state index in [0.29, 0.717) is 19.3 Å². The minimum atomic E-state index is -0.754. The van der Waals surface area contributed by atoms with E-state index in [1.807, 2.05) is 0 Å². The Balaban J connectivity index is 4.33. The third-order valence-corrected chi connectivity index (χ3v) is 8.61. The Kier molecular flexibility index (Phi) is 34.0. The number of rotatable bonds is 35. The zero-order valence-corrected chi connectivity index (χ0v) is 30.2.